The Hall–Kier alpha value is -1.32. The van der Waals surface area contributed by atoms with E-state index in [2.05, 4.69) is 63.7 Å². The number of halogens is 1. The molecule has 1 atom stereocenters. The molecule has 1 unspecified atom stereocenters. The fraction of sp³-hybridized carbons (Fsp3) is 0.333. The normalized spacial score (nSPS) is 21.7. The smallest absolute Gasteiger partial charge is 0.126 e. The van der Waals surface area contributed by atoms with Gasteiger partial charge in [-0.3, -0.25) is 0 Å². The predicted octanol–water partition coefficient (Wildman–Crippen LogP) is 4.03. The zero-order valence-electron chi connectivity index (χ0n) is 12.0. The molecule has 0 radical (unpaired) electrons. The maximum Gasteiger partial charge on any atom is 0.126 e. The van der Waals surface area contributed by atoms with E-state index >= 15 is 0 Å². The van der Waals surface area contributed by atoms with Crippen LogP contribution in [-0.4, -0.2) is 12.6 Å². The second-order valence-electron chi connectivity index (χ2n) is 6.13. The highest BCUT2D eigenvalue weighted by Crippen LogP contribution is 2.46. The van der Waals surface area contributed by atoms with Gasteiger partial charge in [0.1, 0.15) is 11.4 Å². The van der Waals surface area contributed by atoms with E-state index in [0.717, 1.165) is 29.5 Å². The van der Waals surface area contributed by atoms with Crippen LogP contribution < -0.4 is 10.1 Å². The van der Waals surface area contributed by atoms with Crippen LogP contribution in [0.2, 0.25) is 0 Å². The molecule has 1 aliphatic heterocycles. The van der Waals surface area contributed by atoms with Crippen molar-refractivity contribution in [1.82, 2.24) is 5.32 Å². The van der Waals surface area contributed by atoms with Crippen LogP contribution in [0.15, 0.2) is 46.9 Å². The van der Waals surface area contributed by atoms with Gasteiger partial charge >= 0.3 is 0 Å². The minimum atomic E-state index is -0.0921. The highest BCUT2D eigenvalue weighted by Gasteiger charge is 2.44. The molecule has 0 saturated carbocycles. The van der Waals surface area contributed by atoms with E-state index in [1.165, 1.54) is 16.7 Å². The van der Waals surface area contributed by atoms with Gasteiger partial charge < -0.3 is 10.1 Å². The van der Waals surface area contributed by atoms with Gasteiger partial charge in [-0.25, -0.2) is 0 Å². The van der Waals surface area contributed by atoms with E-state index in [9.17, 15) is 0 Å². The fourth-order valence-corrected chi connectivity index (χ4v) is 4.11. The van der Waals surface area contributed by atoms with Crippen molar-refractivity contribution in [3.8, 4) is 5.75 Å². The van der Waals surface area contributed by atoms with Crippen molar-refractivity contribution >= 4 is 15.9 Å². The lowest BCUT2D eigenvalue weighted by Crippen LogP contribution is -2.44. The molecule has 0 amide bonds. The van der Waals surface area contributed by atoms with Gasteiger partial charge in [-0.2, -0.15) is 0 Å². The maximum absolute atomic E-state index is 6.51. The molecule has 2 aromatic carbocycles. The van der Waals surface area contributed by atoms with Crippen LogP contribution in [0.25, 0.3) is 0 Å². The Balaban J connectivity index is 1.74. The molecular weight excluding hydrogens is 326 g/mol. The van der Waals surface area contributed by atoms with Gasteiger partial charge in [0.15, 0.2) is 0 Å². The van der Waals surface area contributed by atoms with E-state index < -0.39 is 0 Å². The minimum absolute atomic E-state index is 0.0921. The Kier molecular flexibility index (Phi) is 3.09. The SMILES string of the molecule is CNC1CC2(Cc3ccccc3C2)Oc2cc(Br)ccc21. The van der Waals surface area contributed by atoms with Crippen molar-refractivity contribution < 1.29 is 4.74 Å². The molecule has 4 rings (SSSR count). The van der Waals surface area contributed by atoms with Crippen molar-refractivity contribution in [2.45, 2.75) is 30.9 Å². The van der Waals surface area contributed by atoms with Crippen LogP contribution in [0.5, 0.6) is 5.75 Å². The number of ether oxygens (including phenoxy) is 1. The van der Waals surface area contributed by atoms with Gasteiger partial charge in [0, 0.05) is 35.3 Å². The number of rotatable bonds is 1. The Morgan fingerprint density at radius 1 is 1.14 bits per heavy atom. The Morgan fingerprint density at radius 3 is 2.52 bits per heavy atom. The molecule has 0 saturated heterocycles. The third-order valence-electron chi connectivity index (χ3n) is 4.75. The monoisotopic (exact) mass is 343 g/mol. The average molecular weight is 344 g/mol. The van der Waals surface area contributed by atoms with Crippen molar-refractivity contribution in [2.24, 2.45) is 0 Å². The summed E-state index contributed by atoms with van der Waals surface area (Å²) in [6.07, 6.45) is 3.04. The van der Waals surface area contributed by atoms with Crippen LogP contribution in [-0.2, 0) is 12.8 Å². The molecule has 0 bridgehead atoms. The first-order chi connectivity index (χ1) is 10.2. The van der Waals surface area contributed by atoms with Gasteiger partial charge in [0.25, 0.3) is 0 Å². The standard InChI is InChI=1S/C18H18BrNO/c1-20-16-11-18(9-12-4-2-3-5-13(12)10-18)21-17-8-14(19)6-7-15(16)17/h2-8,16,20H,9-11H2,1H3. The summed E-state index contributed by atoms with van der Waals surface area (Å²) in [5, 5.41) is 3.46. The first-order valence-corrected chi connectivity index (χ1v) is 8.21. The quantitative estimate of drug-likeness (QED) is 0.843. The van der Waals surface area contributed by atoms with Gasteiger partial charge in [0.2, 0.25) is 0 Å². The summed E-state index contributed by atoms with van der Waals surface area (Å²) in [6, 6.07) is 15.4. The zero-order chi connectivity index (χ0) is 14.4. The van der Waals surface area contributed by atoms with Crippen LogP contribution in [0, 0.1) is 0 Å². The number of benzene rings is 2. The van der Waals surface area contributed by atoms with Gasteiger partial charge in [-0.05, 0) is 30.3 Å². The van der Waals surface area contributed by atoms with Crippen LogP contribution in [0.1, 0.15) is 29.2 Å². The number of hydrogen-bond donors (Lipinski definition) is 1. The third-order valence-corrected chi connectivity index (χ3v) is 5.24. The van der Waals surface area contributed by atoms with Gasteiger partial charge in [0.05, 0.1) is 0 Å². The molecule has 0 fully saturated rings. The molecule has 21 heavy (non-hydrogen) atoms. The molecule has 1 aliphatic carbocycles. The molecule has 2 aromatic rings. The lowest BCUT2D eigenvalue weighted by molar-refractivity contribution is 0.0411. The molecule has 2 aliphatic rings. The van der Waals surface area contributed by atoms with E-state index in [1.54, 1.807) is 0 Å². The van der Waals surface area contributed by atoms with Crippen LogP contribution >= 0.6 is 15.9 Å². The topological polar surface area (TPSA) is 21.3 Å². The highest BCUT2D eigenvalue weighted by atomic mass is 79.9. The summed E-state index contributed by atoms with van der Waals surface area (Å²) in [7, 11) is 2.04. The largest absolute Gasteiger partial charge is 0.486 e. The predicted molar refractivity (Wildman–Crippen MR) is 87.8 cm³/mol. The van der Waals surface area contributed by atoms with Gasteiger partial charge in [-0.15, -0.1) is 0 Å². The van der Waals surface area contributed by atoms with E-state index in [1.807, 2.05) is 7.05 Å². The number of hydrogen-bond acceptors (Lipinski definition) is 2. The average Bonchev–Trinajstić information content (AvgIpc) is 2.82. The molecule has 2 nitrogen and oxygen atoms in total. The Bertz CT molecular complexity index is 672. The molecule has 1 N–H and O–H groups in total. The van der Waals surface area contributed by atoms with Crippen molar-refractivity contribution in [3.05, 3.63) is 63.6 Å². The second-order valence-corrected chi connectivity index (χ2v) is 7.05. The Morgan fingerprint density at radius 2 is 1.86 bits per heavy atom. The summed E-state index contributed by atoms with van der Waals surface area (Å²) < 4.78 is 7.58. The lowest BCUT2D eigenvalue weighted by atomic mass is 9.85. The van der Waals surface area contributed by atoms with E-state index in [0.29, 0.717) is 6.04 Å². The minimum Gasteiger partial charge on any atom is -0.486 e. The second kappa shape index (κ2) is 4.85. The van der Waals surface area contributed by atoms with Crippen molar-refractivity contribution in [3.63, 3.8) is 0 Å². The number of nitrogens with one attached hydrogen (secondary N) is 1. The summed E-state index contributed by atoms with van der Waals surface area (Å²) in [5.41, 5.74) is 4.05. The lowest BCUT2D eigenvalue weighted by Gasteiger charge is -2.40. The summed E-state index contributed by atoms with van der Waals surface area (Å²) in [4.78, 5) is 0. The Labute approximate surface area is 133 Å². The number of fused-ring (bicyclic) bond motifs is 2. The molecular formula is C18H18BrNO. The van der Waals surface area contributed by atoms with Crippen LogP contribution in [0.4, 0.5) is 0 Å². The maximum atomic E-state index is 6.51. The molecule has 1 spiro atoms. The zero-order valence-corrected chi connectivity index (χ0v) is 13.6. The highest BCUT2D eigenvalue weighted by molar-refractivity contribution is 9.10. The van der Waals surface area contributed by atoms with Crippen LogP contribution in [0.3, 0.4) is 0 Å². The third kappa shape index (κ3) is 2.19. The van der Waals surface area contributed by atoms with E-state index in [4.69, 9.17) is 4.74 Å². The van der Waals surface area contributed by atoms with E-state index in [-0.39, 0.29) is 5.60 Å². The van der Waals surface area contributed by atoms with Crippen molar-refractivity contribution in [2.75, 3.05) is 7.05 Å². The first kappa shape index (κ1) is 13.4. The summed E-state index contributed by atoms with van der Waals surface area (Å²) in [5.74, 6) is 1.02. The summed E-state index contributed by atoms with van der Waals surface area (Å²) >= 11 is 3.56. The van der Waals surface area contributed by atoms with Gasteiger partial charge in [-0.1, -0.05) is 46.3 Å². The van der Waals surface area contributed by atoms with Crippen molar-refractivity contribution in [1.29, 1.82) is 0 Å². The molecule has 1 heterocycles. The fourth-order valence-electron chi connectivity index (χ4n) is 3.77. The molecule has 108 valence electrons. The first-order valence-electron chi connectivity index (χ1n) is 7.42. The molecule has 0 aromatic heterocycles. The molecule has 3 heteroatoms. The summed E-state index contributed by atoms with van der Waals surface area (Å²) in [6.45, 7) is 0.